The summed E-state index contributed by atoms with van der Waals surface area (Å²) >= 11 is 0. The summed E-state index contributed by atoms with van der Waals surface area (Å²) in [5.74, 6) is 0.0601. The van der Waals surface area contributed by atoms with Crippen molar-refractivity contribution in [3.05, 3.63) is 29.3 Å². The minimum absolute atomic E-state index is 0.00153. The number of carbonyl (C=O) groups is 1. The summed E-state index contributed by atoms with van der Waals surface area (Å²) in [7, 11) is 0. The minimum Gasteiger partial charge on any atom is -0.394 e. The maximum atomic E-state index is 12.5. The van der Waals surface area contributed by atoms with E-state index in [1.807, 2.05) is 23.1 Å². The van der Waals surface area contributed by atoms with E-state index in [4.69, 9.17) is 0 Å². The number of aliphatic hydroxyl groups excluding tert-OH is 1. The third-order valence-electron chi connectivity index (χ3n) is 4.14. The maximum absolute atomic E-state index is 12.5. The zero-order valence-corrected chi connectivity index (χ0v) is 11.1. The molecule has 1 amide bonds. The number of likely N-dealkylation sites (tertiary alicyclic amines) is 1. The second-order valence-electron chi connectivity index (χ2n) is 5.38. The normalized spacial score (nSPS) is 21.9. The molecule has 1 aromatic rings. The van der Waals surface area contributed by atoms with E-state index in [2.05, 4.69) is 5.32 Å². The molecule has 2 N–H and O–H groups in total. The Morgan fingerprint density at radius 3 is 3.16 bits per heavy atom. The van der Waals surface area contributed by atoms with Crippen LogP contribution in [-0.4, -0.2) is 41.7 Å². The van der Waals surface area contributed by atoms with Crippen LogP contribution in [0.1, 0.15) is 35.2 Å². The number of fused-ring (bicyclic) bond motifs is 1. The monoisotopic (exact) mass is 260 g/mol. The molecule has 4 heteroatoms. The van der Waals surface area contributed by atoms with Crippen molar-refractivity contribution in [3.8, 4) is 0 Å². The number of carbonyl (C=O) groups excluding carboxylic acids is 1. The number of hydrogen-bond acceptors (Lipinski definition) is 3. The second-order valence-corrected chi connectivity index (χ2v) is 5.38. The molecule has 1 saturated heterocycles. The fourth-order valence-electron chi connectivity index (χ4n) is 3.07. The number of amides is 1. The molecule has 0 aromatic heterocycles. The Labute approximate surface area is 113 Å². The lowest BCUT2D eigenvalue weighted by Crippen LogP contribution is -2.37. The SMILES string of the molecule is O=C(c1ccc2c(c1)CCCN2)N1CCCC1CO. The summed E-state index contributed by atoms with van der Waals surface area (Å²) in [5, 5.41) is 12.7. The first kappa shape index (κ1) is 12.5. The predicted molar refractivity (Wildman–Crippen MR) is 74.4 cm³/mol. The molecule has 0 saturated carbocycles. The van der Waals surface area contributed by atoms with Crippen LogP contribution >= 0.6 is 0 Å². The van der Waals surface area contributed by atoms with Gasteiger partial charge in [0.25, 0.3) is 5.91 Å². The van der Waals surface area contributed by atoms with Crippen molar-refractivity contribution in [3.63, 3.8) is 0 Å². The van der Waals surface area contributed by atoms with Gasteiger partial charge in [0.1, 0.15) is 0 Å². The van der Waals surface area contributed by atoms with Crippen LogP contribution in [0, 0.1) is 0 Å². The van der Waals surface area contributed by atoms with Crippen molar-refractivity contribution in [2.75, 3.05) is 25.0 Å². The molecule has 4 nitrogen and oxygen atoms in total. The van der Waals surface area contributed by atoms with Crippen molar-refractivity contribution >= 4 is 11.6 Å². The van der Waals surface area contributed by atoms with Crippen LogP contribution in [0.3, 0.4) is 0 Å². The number of nitrogens with zero attached hydrogens (tertiary/aromatic N) is 1. The molecule has 102 valence electrons. The number of aryl methyl sites for hydroxylation is 1. The first-order valence-electron chi connectivity index (χ1n) is 7.08. The Balaban J connectivity index is 1.83. The first-order chi connectivity index (χ1) is 9.29. The summed E-state index contributed by atoms with van der Waals surface area (Å²) < 4.78 is 0. The number of hydrogen-bond donors (Lipinski definition) is 2. The Kier molecular flexibility index (Phi) is 3.42. The molecule has 2 aliphatic heterocycles. The Morgan fingerprint density at radius 1 is 1.42 bits per heavy atom. The van der Waals surface area contributed by atoms with Gasteiger partial charge in [0.05, 0.1) is 12.6 Å². The van der Waals surface area contributed by atoms with E-state index in [0.717, 1.165) is 50.0 Å². The highest BCUT2D eigenvalue weighted by Crippen LogP contribution is 2.25. The van der Waals surface area contributed by atoms with Gasteiger partial charge < -0.3 is 15.3 Å². The van der Waals surface area contributed by atoms with E-state index in [9.17, 15) is 9.90 Å². The minimum atomic E-state index is 0.00153. The number of rotatable bonds is 2. The highest BCUT2D eigenvalue weighted by molar-refractivity contribution is 5.95. The molecular weight excluding hydrogens is 240 g/mol. The fourth-order valence-corrected chi connectivity index (χ4v) is 3.07. The average Bonchev–Trinajstić information content (AvgIpc) is 2.94. The molecule has 1 aromatic carbocycles. The largest absolute Gasteiger partial charge is 0.394 e. The van der Waals surface area contributed by atoms with Gasteiger partial charge in [0.2, 0.25) is 0 Å². The zero-order chi connectivity index (χ0) is 13.2. The molecule has 0 radical (unpaired) electrons. The van der Waals surface area contributed by atoms with Crippen molar-refractivity contribution in [1.29, 1.82) is 0 Å². The summed E-state index contributed by atoms with van der Waals surface area (Å²) in [6, 6.07) is 5.91. The van der Waals surface area contributed by atoms with Crippen LogP contribution < -0.4 is 5.32 Å². The molecule has 2 heterocycles. The van der Waals surface area contributed by atoms with Gasteiger partial charge in [0, 0.05) is 24.3 Å². The van der Waals surface area contributed by atoms with E-state index < -0.39 is 0 Å². The lowest BCUT2D eigenvalue weighted by atomic mass is 10.00. The molecule has 2 aliphatic rings. The number of benzene rings is 1. The molecule has 0 aliphatic carbocycles. The molecule has 0 bridgehead atoms. The summed E-state index contributed by atoms with van der Waals surface area (Å²) in [5.41, 5.74) is 3.14. The second kappa shape index (κ2) is 5.21. The van der Waals surface area contributed by atoms with Gasteiger partial charge in [0.15, 0.2) is 0 Å². The Morgan fingerprint density at radius 2 is 2.32 bits per heavy atom. The highest BCUT2D eigenvalue weighted by Gasteiger charge is 2.29. The van der Waals surface area contributed by atoms with Crippen LogP contribution in [0.25, 0.3) is 0 Å². The molecule has 3 rings (SSSR count). The molecule has 1 unspecified atom stereocenters. The topological polar surface area (TPSA) is 52.6 Å². The third-order valence-corrected chi connectivity index (χ3v) is 4.14. The Hall–Kier alpha value is -1.55. The number of anilines is 1. The van der Waals surface area contributed by atoms with Gasteiger partial charge in [-0.25, -0.2) is 0 Å². The van der Waals surface area contributed by atoms with E-state index in [-0.39, 0.29) is 18.6 Å². The van der Waals surface area contributed by atoms with Gasteiger partial charge in [-0.3, -0.25) is 4.79 Å². The quantitative estimate of drug-likeness (QED) is 0.850. The molecule has 19 heavy (non-hydrogen) atoms. The first-order valence-corrected chi connectivity index (χ1v) is 7.08. The van der Waals surface area contributed by atoms with Gasteiger partial charge >= 0.3 is 0 Å². The van der Waals surface area contributed by atoms with E-state index in [1.54, 1.807) is 0 Å². The van der Waals surface area contributed by atoms with Crippen LogP contribution in [0.5, 0.6) is 0 Å². The van der Waals surface area contributed by atoms with Crippen LogP contribution in [0.15, 0.2) is 18.2 Å². The number of aliphatic hydroxyl groups is 1. The summed E-state index contributed by atoms with van der Waals surface area (Å²) in [6.07, 6.45) is 4.05. The fraction of sp³-hybridized carbons (Fsp3) is 0.533. The average molecular weight is 260 g/mol. The molecule has 1 fully saturated rings. The number of nitrogens with one attached hydrogen (secondary N) is 1. The van der Waals surface area contributed by atoms with Crippen LogP contribution in [-0.2, 0) is 6.42 Å². The van der Waals surface area contributed by atoms with Crippen molar-refractivity contribution in [1.82, 2.24) is 4.90 Å². The van der Waals surface area contributed by atoms with Crippen LogP contribution in [0.2, 0.25) is 0 Å². The highest BCUT2D eigenvalue weighted by atomic mass is 16.3. The van der Waals surface area contributed by atoms with Crippen LogP contribution in [0.4, 0.5) is 5.69 Å². The third kappa shape index (κ3) is 2.32. The van der Waals surface area contributed by atoms with Crippen molar-refractivity contribution in [2.45, 2.75) is 31.7 Å². The zero-order valence-electron chi connectivity index (χ0n) is 11.1. The van der Waals surface area contributed by atoms with E-state index in [0.29, 0.717) is 0 Å². The van der Waals surface area contributed by atoms with Gasteiger partial charge in [-0.1, -0.05) is 0 Å². The lowest BCUT2D eigenvalue weighted by Gasteiger charge is -2.24. The summed E-state index contributed by atoms with van der Waals surface area (Å²) in [6.45, 7) is 1.84. The molecule has 1 atom stereocenters. The van der Waals surface area contributed by atoms with Gasteiger partial charge in [-0.2, -0.15) is 0 Å². The standard InChI is InChI=1S/C15H20N2O2/c18-10-13-4-2-8-17(13)15(19)12-5-6-14-11(9-12)3-1-7-16-14/h5-6,9,13,16,18H,1-4,7-8,10H2. The smallest absolute Gasteiger partial charge is 0.254 e. The lowest BCUT2D eigenvalue weighted by molar-refractivity contribution is 0.0677. The van der Waals surface area contributed by atoms with Gasteiger partial charge in [-0.05, 0) is 49.4 Å². The maximum Gasteiger partial charge on any atom is 0.254 e. The van der Waals surface area contributed by atoms with E-state index in [1.165, 1.54) is 5.56 Å². The predicted octanol–water partition coefficient (Wildman–Crippen LogP) is 1.64. The van der Waals surface area contributed by atoms with Crippen molar-refractivity contribution in [2.24, 2.45) is 0 Å². The summed E-state index contributed by atoms with van der Waals surface area (Å²) in [4.78, 5) is 14.3. The van der Waals surface area contributed by atoms with Gasteiger partial charge in [-0.15, -0.1) is 0 Å². The van der Waals surface area contributed by atoms with Crippen molar-refractivity contribution < 1.29 is 9.90 Å². The molecular formula is C15H20N2O2. The molecule has 0 spiro atoms. The van der Waals surface area contributed by atoms with E-state index >= 15 is 0 Å². The Bertz CT molecular complexity index is 487.